The molecule has 2 atom stereocenters. The van der Waals surface area contributed by atoms with Crippen molar-refractivity contribution in [2.45, 2.75) is 52.6 Å². The van der Waals surface area contributed by atoms with E-state index in [0.29, 0.717) is 19.5 Å². The van der Waals surface area contributed by atoms with Crippen LogP contribution in [0.4, 0.5) is 4.79 Å². The molecule has 1 aliphatic carbocycles. The predicted octanol–water partition coefficient (Wildman–Crippen LogP) is 2.31. The van der Waals surface area contributed by atoms with E-state index in [1.807, 2.05) is 27.7 Å². The van der Waals surface area contributed by atoms with Crippen LogP contribution < -0.4 is 0 Å². The molecule has 1 saturated carbocycles. The highest BCUT2D eigenvalue weighted by atomic mass is 16.6. The van der Waals surface area contributed by atoms with E-state index in [9.17, 15) is 19.5 Å². The fourth-order valence-corrected chi connectivity index (χ4v) is 3.68. The van der Waals surface area contributed by atoms with Gasteiger partial charge in [-0.25, -0.2) is 4.79 Å². The van der Waals surface area contributed by atoms with Crippen LogP contribution in [0, 0.1) is 17.3 Å². The van der Waals surface area contributed by atoms with Crippen molar-refractivity contribution >= 4 is 17.8 Å². The van der Waals surface area contributed by atoms with Crippen molar-refractivity contribution in [1.82, 2.24) is 4.90 Å². The smallest absolute Gasteiger partial charge is 0.410 e. The summed E-state index contributed by atoms with van der Waals surface area (Å²) >= 11 is 0. The molecule has 0 radical (unpaired) electrons. The lowest BCUT2D eigenvalue weighted by atomic mass is 9.55. The van der Waals surface area contributed by atoms with Crippen molar-refractivity contribution in [3.8, 4) is 0 Å². The second-order valence-electron chi connectivity index (χ2n) is 7.65. The topological polar surface area (TPSA) is 83.9 Å². The molecule has 2 unspecified atom stereocenters. The lowest BCUT2D eigenvalue weighted by molar-refractivity contribution is -0.170. The van der Waals surface area contributed by atoms with Crippen LogP contribution in [0.25, 0.3) is 0 Å². The molecule has 2 aliphatic rings. The Morgan fingerprint density at radius 2 is 1.91 bits per heavy atom. The number of Topliss-reactive ketones (excluding diaryl/α,β-unsaturated/α-hetero) is 1. The average Bonchev–Trinajstić information content (AvgIpc) is 2.32. The van der Waals surface area contributed by atoms with Gasteiger partial charge in [0, 0.05) is 25.9 Å². The number of aliphatic carboxylic acids is 1. The summed E-state index contributed by atoms with van der Waals surface area (Å²) in [7, 11) is 0. The quantitative estimate of drug-likeness (QED) is 0.846. The summed E-state index contributed by atoms with van der Waals surface area (Å²) < 4.78 is 5.37. The molecule has 0 aromatic carbocycles. The summed E-state index contributed by atoms with van der Waals surface area (Å²) in [6.07, 6.45) is 0.500. The summed E-state index contributed by atoms with van der Waals surface area (Å²) in [5.41, 5.74) is -1.46. The molecule has 22 heavy (non-hydrogen) atoms. The predicted molar refractivity (Wildman–Crippen MR) is 79.4 cm³/mol. The van der Waals surface area contributed by atoms with Gasteiger partial charge in [0.15, 0.2) is 0 Å². The van der Waals surface area contributed by atoms with Crippen molar-refractivity contribution in [2.24, 2.45) is 17.3 Å². The van der Waals surface area contributed by atoms with Crippen LogP contribution >= 0.6 is 0 Å². The van der Waals surface area contributed by atoms with Crippen molar-refractivity contribution in [3.63, 3.8) is 0 Å². The number of rotatable bonds is 2. The maximum absolute atomic E-state index is 12.1. The van der Waals surface area contributed by atoms with Crippen LogP contribution in [-0.2, 0) is 14.3 Å². The number of nitrogens with zero attached hydrogens (tertiary/aromatic N) is 1. The molecule has 0 spiro atoms. The second-order valence-corrected chi connectivity index (χ2v) is 7.65. The first-order valence-electron chi connectivity index (χ1n) is 7.78. The average molecular weight is 311 g/mol. The molecule has 0 aromatic heterocycles. The number of ether oxygens (including phenoxy) is 1. The van der Waals surface area contributed by atoms with Crippen molar-refractivity contribution in [3.05, 3.63) is 0 Å². The van der Waals surface area contributed by atoms with Crippen LogP contribution in [0.15, 0.2) is 0 Å². The third-order valence-electron chi connectivity index (χ3n) is 4.72. The minimum Gasteiger partial charge on any atom is -0.481 e. The monoisotopic (exact) mass is 311 g/mol. The highest BCUT2D eigenvalue weighted by Crippen LogP contribution is 2.50. The molecule has 1 saturated heterocycles. The molecule has 1 amide bonds. The Balaban J connectivity index is 2.03. The maximum atomic E-state index is 12.1. The highest BCUT2D eigenvalue weighted by molar-refractivity contribution is 5.97. The number of carboxylic acid groups (broad SMARTS) is 1. The number of likely N-dealkylation sites (tertiary alicyclic amines) is 1. The molecule has 1 N–H and O–H groups in total. The SMILES string of the molecule is CC1CN(C(=O)OC(C)(C)C)CCC1C1(C(=O)O)CC(=O)C1. The third-order valence-corrected chi connectivity index (χ3v) is 4.72. The summed E-state index contributed by atoms with van der Waals surface area (Å²) in [5, 5.41) is 9.54. The van der Waals surface area contributed by atoms with Crippen molar-refractivity contribution in [1.29, 1.82) is 0 Å². The number of carboxylic acids is 1. The van der Waals surface area contributed by atoms with E-state index in [2.05, 4.69) is 0 Å². The minimum atomic E-state index is -0.920. The normalized spacial score (nSPS) is 28.0. The molecule has 6 nitrogen and oxygen atoms in total. The lowest BCUT2D eigenvalue weighted by Gasteiger charge is -2.49. The Kier molecular flexibility index (Phi) is 4.24. The van der Waals surface area contributed by atoms with Crippen LogP contribution in [0.1, 0.15) is 47.0 Å². The summed E-state index contributed by atoms with van der Waals surface area (Å²) in [4.78, 5) is 36.7. The molecular formula is C16H25NO5. The molecule has 2 fully saturated rings. The summed E-state index contributed by atoms with van der Waals surface area (Å²) in [5.74, 6) is -0.898. The first-order valence-corrected chi connectivity index (χ1v) is 7.78. The van der Waals surface area contributed by atoms with Gasteiger partial charge >= 0.3 is 12.1 Å². The fourth-order valence-electron chi connectivity index (χ4n) is 3.68. The fraction of sp³-hybridized carbons (Fsp3) is 0.812. The first kappa shape index (κ1) is 16.8. The number of carbonyl (C=O) groups is 3. The zero-order chi connectivity index (χ0) is 16.7. The van der Waals surface area contributed by atoms with Crippen molar-refractivity contribution < 1.29 is 24.2 Å². The van der Waals surface area contributed by atoms with Gasteiger partial charge in [0.25, 0.3) is 0 Å². The van der Waals surface area contributed by atoms with Gasteiger partial charge in [-0.2, -0.15) is 0 Å². The molecule has 1 aliphatic heterocycles. The maximum Gasteiger partial charge on any atom is 0.410 e. The van der Waals surface area contributed by atoms with E-state index in [1.54, 1.807) is 4.90 Å². The van der Waals surface area contributed by atoms with E-state index < -0.39 is 17.0 Å². The largest absolute Gasteiger partial charge is 0.481 e. The number of carbonyl (C=O) groups excluding carboxylic acids is 2. The Labute approximate surface area is 130 Å². The molecule has 0 aromatic rings. The van der Waals surface area contributed by atoms with E-state index in [1.165, 1.54) is 0 Å². The van der Waals surface area contributed by atoms with Gasteiger partial charge < -0.3 is 14.7 Å². The number of hydrogen-bond acceptors (Lipinski definition) is 4. The summed E-state index contributed by atoms with van der Waals surface area (Å²) in [6, 6.07) is 0. The van der Waals surface area contributed by atoms with Crippen LogP contribution in [0.2, 0.25) is 0 Å². The third kappa shape index (κ3) is 3.10. The van der Waals surface area contributed by atoms with Gasteiger partial charge in [0.2, 0.25) is 0 Å². The zero-order valence-electron chi connectivity index (χ0n) is 13.7. The van der Waals surface area contributed by atoms with Gasteiger partial charge in [-0.05, 0) is 39.0 Å². The van der Waals surface area contributed by atoms with Crippen LogP contribution in [0.5, 0.6) is 0 Å². The minimum absolute atomic E-state index is 0.0178. The summed E-state index contributed by atoms with van der Waals surface area (Å²) in [6.45, 7) is 8.37. The Bertz CT molecular complexity index is 485. The number of ketones is 1. The van der Waals surface area contributed by atoms with Gasteiger partial charge in [-0.15, -0.1) is 0 Å². The first-order chi connectivity index (χ1) is 10.0. The molecule has 0 bridgehead atoms. The van der Waals surface area contributed by atoms with Gasteiger partial charge in [-0.1, -0.05) is 6.92 Å². The molecule has 6 heteroatoms. The van der Waals surface area contributed by atoms with Crippen molar-refractivity contribution in [2.75, 3.05) is 13.1 Å². The van der Waals surface area contributed by atoms with Crippen LogP contribution in [0.3, 0.4) is 0 Å². The molecule has 124 valence electrons. The van der Waals surface area contributed by atoms with Gasteiger partial charge in [-0.3, -0.25) is 9.59 Å². The number of piperidine rings is 1. The van der Waals surface area contributed by atoms with E-state index in [4.69, 9.17) is 4.74 Å². The second kappa shape index (κ2) is 5.56. The Morgan fingerprint density at radius 3 is 2.32 bits per heavy atom. The Hall–Kier alpha value is -1.59. The van der Waals surface area contributed by atoms with Gasteiger partial charge in [0.1, 0.15) is 11.4 Å². The highest BCUT2D eigenvalue weighted by Gasteiger charge is 2.57. The lowest BCUT2D eigenvalue weighted by Crippen LogP contribution is -2.56. The van der Waals surface area contributed by atoms with Crippen LogP contribution in [-0.4, -0.2) is 46.5 Å². The number of hydrogen-bond donors (Lipinski definition) is 1. The van der Waals surface area contributed by atoms with E-state index in [0.717, 1.165) is 0 Å². The molecule has 2 rings (SSSR count). The zero-order valence-corrected chi connectivity index (χ0v) is 13.7. The molecule has 1 heterocycles. The standard InChI is InChI=1S/C16H25NO5/c1-10-9-17(14(21)22-15(2,3)4)6-5-12(10)16(13(19)20)7-11(18)8-16/h10,12H,5-9H2,1-4H3,(H,19,20). The van der Waals surface area contributed by atoms with Gasteiger partial charge in [0.05, 0.1) is 5.41 Å². The van der Waals surface area contributed by atoms with E-state index in [-0.39, 0.29) is 36.6 Å². The van der Waals surface area contributed by atoms with E-state index >= 15 is 0 Å². The molecular weight excluding hydrogens is 286 g/mol. The number of amides is 1. The Morgan fingerprint density at radius 1 is 1.32 bits per heavy atom.